The van der Waals surface area contributed by atoms with Gasteiger partial charge in [-0.25, -0.2) is 0 Å². The van der Waals surface area contributed by atoms with Gasteiger partial charge < -0.3 is 14.7 Å². The van der Waals surface area contributed by atoms with E-state index in [4.69, 9.17) is 5.11 Å². The van der Waals surface area contributed by atoms with Crippen LogP contribution in [0, 0.1) is 17.8 Å². The Bertz CT molecular complexity index is 706. The lowest BCUT2D eigenvalue weighted by Crippen LogP contribution is -2.45. The van der Waals surface area contributed by atoms with E-state index in [9.17, 15) is 22.8 Å². The largest absolute Gasteiger partial charge is 0.573 e. The zero-order valence-electron chi connectivity index (χ0n) is 14.2. The number of carbonyl (C=O) groups excluding carboxylic acids is 1. The fourth-order valence-corrected chi connectivity index (χ4v) is 3.76. The van der Waals surface area contributed by atoms with Crippen LogP contribution in [0.2, 0.25) is 0 Å². The van der Waals surface area contributed by atoms with Gasteiger partial charge >= 0.3 is 12.3 Å². The Morgan fingerprint density at radius 2 is 1.92 bits per heavy atom. The van der Waals surface area contributed by atoms with Gasteiger partial charge in [0.2, 0.25) is 5.91 Å². The van der Waals surface area contributed by atoms with E-state index in [2.05, 4.69) is 4.74 Å². The smallest absolute Gasteiger partial charge is 0.481 e. The molecule has 1 aromatic carbocycles. The second-order valence-corrected chi connectivity index (χ2v) is 7.03. The molecule has 4 atom stereocenters. The highest BCUT2D eigenvalue weighted by molar-refractivity contribution is 5.83. The lowest BCUT2D eigenvalue weighted by atomic mass is 9.87. The summed E-state index contributed by atoms with van der Waals surface area (Å²) < 4.78 is 41.7. The van der Waals surface area contributed by atoms with E-state index >= 15 is 0 Å². The zero-order chi connectivity index (χ0) is 19.1. The maximum absolute atomic E-state index is 12.7. The zero-order valence-corrected chi connectivity index (χ0v) is 14.2. The van der Waals surface area contributed by atoms with Crippen molar-refractivity contribution in [2.45, 2.75) is 32.0 Å². The molecule has 1 aromatic rings. The molecule has 3 rings (SSSR count). The standard InChI is InChI=1S/C18H20F3NO4/c1-10-9-22(7-6-11(10)17(24)25)16(23)14-8-13(14)12-4-2-3-5-15(12)26-18(19,20)21/h2-5,10-11,13-14H,6-9H2,1H3,(H,24,25). The number of carboxylic acid groups (broad SMARTS) is 1. The lowest BCUT2D eigenvalue weighted by Gasteiger charge is -2.35. The van der Waals surface area contributed by atoms with Crippen molar-refractivity contribution in [3.8, 4) is 5.75 Å². The molecule has 1 aliphatic carbocycles. The number of likely N-dealkylation sites (tertiary alicyclic amines) is 1. The van der Waals surface area contributed by atoms with Crippen molar-refractivity contribution in [3.63, 3.8) is 0 Å². The molecule has 1 N–H and O–H groups in total. The SMILES string of the molecule is CC1CN(C(=O)C2CC2c2ccccc2OC(F)(F)F)CCC1C(=O)O. The fourth-order valence-electron chi connectivity index (χ4n) is 3.76. The number of carbonyl (C=O) groups is 2. The van der Waals surface area contributed by atoms with Crippen molar-refractivity contribution in [2.75, 3.05) is 13.1 Å². The monoisotopic (exact) mass is 371 g/mol. The number of carboxylic acids is 1. The molecule has 8 heteroatoms. The molecule has 1 aliphatic heterocycles. The quantitative estimate of drug-likeness (QED) is 0.882. The molecule has 1 heterocycles. The molecular formula is C18H20F3NO4. The second kappa shape index (κ2) is 6.81. The van der Waals surface area contributed by atoms with Gasteiger partial charge in [0, 0.05) is 19.0 Å². The van der Waals surface area contributed by atoms with E-state index < -0.39 is 18.2 Å². The summed E-state index contributed by atoms with van der Waals surface area (Å²) in [4.78, 5) is 25.5. The highest BCUT2D eigenvalue weighted by Gasteiger charge is 2.48. The Labute approximate surface area is 148 Å². The molecule has 142 valence electrons. The summed E-state index contributed by atoms with van der Waals surface area (Å²) in [6.07, 6.45) is -3.91. The number of para-hydroxylation sites is 1. The van der Waals surface area contributed by atoms with Crippen molar-refractivity contribution < 1.29 is 32.6 Å². The van der Waals surface area contributed by atoms with E-state index in [0.717, 1.165) is 0 Å². The number of piperidine rings is 1. The molecule has 0 spiro atoms. The first-order valence-corrected chi connectivity index (χ1v) is 8.53. The van der Waals surface area contributed by atoms with Crippen LogP contribution < -0.4 is 4.74 Å². The number of nitrogens with zero attached hydrogens (tertiary/aromatic N) is 1. The normalized spacial score (nSPS) is 28.5. The molecule has 2 aliphatic rings. The van der Waals surface area contributed by atoms with Crippen LogP contribution in [0.3, 0.4) is 0 Å². The lowest BCUT2D eigenvalue weighted by molar-refractivity contribution is -0.274. The first kappa shape index (κ1) is 18.5. The summed E-state index contributed by atoms with van der Waals surface area (Å²) in [5.74, 6) is -2.52. The van der Waals surface area contributed by atoms with Crippen molar-refractivity contribution in [2.24, 2.45) is 17.8 Å². The van der Waals surface area contributed by atoms with Gasteiger partial charge in [-0.05, 0) is 36.3 Å². The molecule has 5 nitrogen and oxygen atoms in total. The summed E-state index contributed by atoms with van der Waals surface area (Å²) in [6.45, 7) is 2.53. The van der Waals surface area contributed by atoms with E-state index in [1.165, 1.54) is 12.1 Å². The number of hydrogen-bond acceptors (Lipinski definition) is 3. The summed E-state index contributed by atoms with van der Waals surface area (Å²) >= 11 is 0. The van der Waals surface area contributed by atoms with Gasteiger partial charge in [0.1, 0.15) is 5.75 Å². The molecule has 1 saturated heterocycles. The van der Waals surface area contributed by atoms with Crippen LogP contribution in [0.4, 0.5) is 13.2 Å². The van der Waals surface area contributed by atoms with Crippen LogP contribution in [-0.4, -0.2) is 41.3 Å². The Morgan fingerprint density at radius 1 is 1.23 bits per heavy atom. The molecular weight excluding hydrogens is 351 g/mol. The first-order chi connectivity index (χ1) is 12.2. The van der Waals surface area contributed by atoms with Crippen LogP contribution in [-0.2, 0) is 9.59 Å². The molecule has 1 amide bonds. The Balaban J connectivity index is 1.66. The van der Waals surface area contributed by atoms with Gasteiger partial charge in [0.05, 0.1) is 5.92 Å². The van der Waals surface area contributed by atoms with E-state index in [1.54, 1.807) is 24.0 Å². The van der Waals surface area contributed by atoms with Crippen LogP contribution in [0.15, 0.2) is 24.3 Å². The van der Waals surface area contributed by atoms with Gasteiger partial charge in [-0.15, -0.1) is 13.2 Å². The van der Waals surface area contributed by atoms with Crippen LogP contribution in [0.1, 0.15) is 31.2 Å². The van der Waals surface area contributed by atoms with Crippen LogP contribution >= 0.6 is 0 Å². The fraction of sp³-hybridized carbons (Fsp3) is 0.556. The number of benzene rings is 1. The van der Waals surface area contributed by atoms with Gasteiger partial charge in [-0.1, -0.05) is 25.1 Å². The molecule has 26 heavy (non-hydrogen) atoms. The summed E-state index contributed by atoms with van der Waals surface area (Å²) in [5.41, 5.74) is 0.386. The summed E-state index contributed by atoms with van der Waals surface area (Å²) in [5, 5.41) is 9.16. The highest BCUT2D eigenvalue weighted by Crippen LogP contribution is 2.52. The number of alkyl halides is 3. The Kier molecular flexibility index (Phi) is 4.86. The van der Waals surface area contributed by atoms with E-state index in [0.29, 0.717) is 31.5 Å². The topological polar surface area (TPSA) is 66.8 Å². The number of ether oxygens (including phenoxy) is 1. The Hall–Kier alpha value is -2.25. The van der Waals surface area contributed by atoms with Gasteiger partial charge in [0.15, 0.2) is 0 Å². The predicted molar refractivity (Wildman–Crippen MR) is 85.5 cm³/mol. The third-order valence-electron chi connectivity index (χ3n) is 5.19. The highest BCUT2D eigenvalue weighted by atomic mass is 19.4. The van der Waals surface area contributed by atoms with Crippen molar-refractivity contribution in [3.05, 3.63) is 29.8 Å². The Morgan fingerprint density at radius 3 is 2.54 bits per heavy atom. The molecule has 0 radical (unpaired) electrons. The van der Waals surface area contributed by atoms with Gasteiger partial charge in [0.25, 0.3) is 0 Å². The minimum atomic E-state index is -4.78. The number of hydrogen-bond donors (Lipinski definition) is 1. The number of rotatable bonds is 4. The van der Waals surface area contributed by atoms with Crippen LogP contribution in [0.5, 0.6) is 5.75 Å². The van der Waals surface area contributed by atoms with Crippen molar-refractivity contribution in [1.29, 1.82) is 0 Å². The first-order valence-electron chi connectivity index (χ1n) is 8.53. The third-order valence-corrected chi connectivity index (χ3v) is 5.19. The minimum absolute atomic E-state index is 0.118. The molecule has 0 aromatic heterocycles. The number of halogens is 3. The average molecular weight is 371 g/mol. The van der Waals surface area contributed by atoms with E-state index in [1.807, 2.05) is 0 Å². The predicted octanol–water partition coefficient (Wildman–Crippen LogP) is 3.26. The van der Waals surface area contributed by atoms with Crippen molar-refractivity contribution >= 4 is 11.9 Å². The summed E-state index contributed by atoms with van der Waals surface area (Å²) in [6, 6.07) is 5.89. The molecule has 0 bridgehead atoms. The number of amides is 1. The molecule has 2 fully saturated rings. The minimum Gasteiger partial charge on any atom is -0.481 e. The third kappa shape index (κ3) is 3.94. The second-order valence-electron chi connectivity index (χ2n) is 7.03. The van der Waals surface area contributed by atoms with Crippen LogP contribution in [0.25, 0.3) is 0 Å². The van der Waals surface area contributed by atoms with Gasteiger partial charge in [-0.3, -0.25) is 9.59 Å². The average Bonchev–Trinajstić information content (AvgIpc) is 3.33. The van der Waals surface area contributed by atoms with E-state index in [-0.39, 0.29) is 29.4 Å². The van der Waals surface area contributed by atoms with Gasteiger partial charge in [-0.2, -0.15) is 0 Å². The number of aliphatic carboxylic acids is 1. The van der Waals surface area contributed by atoms with Crippen molar-refractivity contribution in [1.82, 2.24) is 4.90 Å². The maximum atomic E-state index is 12.7. The maximum Gasteiger partial charge on any atom is 0.573 e. The molecule has 4 unspecified atom stereocenters. The molecule has 1 saturated carbocycles. The summed E-state index contributed by atoms with van der Waals surface area (Å²) in [7, 11) is 0.